The second-order valence-electron chi connectivity index (χ2n) is 5.93. The molecule has 0 fully saturated rings. The number of hydrogen-bond acceptors (Lipinski definition) is 5. The van der Waals surface area contributed by atoms with Crippen LogP contribution in [-0.2, 0) is 12.2 Å². The Bertz CT molecular complexity index is 578. The van der Waals surface area contributed by atoms with Crippen molar-refractivity contribution in [2.24, 2.45) is 5.41 Å². The van der Waals surface area contributed by atoms with Crippen LogP contribution >= 0.6 is 11.8 Å². The molecule has 114 valence electrons. The number of rotatable bonds is 5. The predicted octanol–water partition coefficient (Wildman–Crippen LogP) is 3.45. The Balaban J connectivity index is 1.90. The van der Waals surface area contributed by atoms with Crippen LogP contribution in [0.15, 0.2) is 33.7 Å². The van der Waals surface area contributed by atoms with E-state index < -0.39 is 6.10 Å². The lowest BCUT2D eigenvalue weighted by Crippen LogP contribution is -2.28. The highest BCUT2D eigenvalue weighted by Gasteiger charge is 2.24. The standard InChI is InChI=1S/C15H19FN2O2S/c1-15(2,3)12(19)8-14-17-13(18-20-14)9-21-11-6-4-10(16)5-7-11/h4-7,12,19H,8-9H2,1-3H3. The van der Waals surface area contributed by atoms with Crippen molar-refractivity contribution in [3.63, 3.8) is 0 Å². The van der Waals surface area contributed by atoms with Gasteiger partial charge in [-0.2, -0.15) is 4.98 Å². The Morgan fingerprint density at radius 2 is 1.95 bits per heavy atom. The van der Waals surface area contributed by atoms with Crippen LogP contribution in [0, 0.1) is 11.2 Å². The molecule has 21 heavy (non-hydrogen) atoms. The third kappa shape index (κ3) is 4.82. The van der Waals surface area contributed by atoms with E-state index in [0.29, 0.717) is 23.9 Å². The Morgan fingerprint density at radius 1 is 1.29 bits per heavy atom. The van der Waals surface area contributed by atoms with Gasteiger partial charge in [-0.25, -0.2) is 4.39 Å². The first kappa shape index (κ1) is 16.0. The summed E-state index contributed by atoms with van der Waals surface area (Å²) >= 11 is 1.51. The fraction of sp³-hybridized carbons (Fsp3) is 0.467. The van der Waals surface area contributed by atoms with E-state index in [9.17, 15) is 9.50 Å². The second-order valence-corrected chi connectivity index (χ2v) is 6.98. The predicted molar refractivity (Wildman–Crippen MR) is 79.4 cm³/mol. The van der Waals surface area contributed by atoms with E-state index in [4.69, 9.17) is 4.52 Å². The van der Waals surface area contributed by atoms with E-state index in [1.807, 2.05) is 20.8 Å². The number of benzene rings is 1. The number of hydrogen-bond donors (Lipinski definition) is 1. The summed E-state index contributed by atoms with van der Waals surface area (Å²) in [6.07, 6.45) is -0.187. The lowest BCUT2D eigenvalue weighted by Gasteiger charge is -2.24. The van der Waals surface area contributed by atoms with Crippen LogP contribution in [-0.4, -0.2) is 21.4 Å². The van der Waals surface area contributed by atoms with Crippen molar-refractivity contribution in [3.8, 4) is 0 Å². The number of aromatic nitrogens is 2. The van der Waals surface area contributed by atoms with Crippen LogP contribution in [0.4, 0.5) is 4.39 Å². The molecule has 0 aliphatic heterocycles. The van der Waals surface area contributed by atoms with Crippen LogP contribution in [0.5, 0.6) is 0 Å². The summed E-state index contributed by atoms with van der Waals surface area (Å²) in [6.45, 7) is 5.87. The smallest absolute Gasteiger partial charge is 0.229 e. The third-order valence-electron chi connectivity index (χ3n) is 3.06. The highest BCUT2D eigenvalue weighted by atomic mass is 32.2. The summed E-state index contributed by atoms with van der Waals surface area (Å²) in [5.74, 6) is 1.30. The number of aliphatic hydroxyl groups excluding tert-OH is 1. The highest BCUT2D eigenvalue weighted by molar-refractivity contribution is 7.98. The van der Waals surface area contributed by atoms with Crippen LogP contribution in [0.25, 0.3) is 0 Å². The average Bonchev–Trinajstić information content (AvgIpc) is 2.85. The minimum Gasteiger partial charge on any atom is -0.392 e. The highest BCUT2D eigenvalue weighted by Crippen LogP contribution is 2.24. The molecule has 0 amide bonds. The average molecular weight is 310 g/mol. The monoisotopic (exact) mass is 310 g/mol. The summed E-state index contributed by atoms with van der Waals surface area (Å²) < 4.78 is 17.9. The van der Waals surface area contributed by atoms with Crippen molar-refractivity contribution in [3.05, 3.63) is 41.8 Å². The number of thioether (sulfide) groups is 1. The van der Waals surface area contributed by atoms with E-state index in [1.54, 1.807) is 12.1 Å². The molecular formula is C15H19FN2O2S. The maximum atomic E-state index is 12.8. The molecule has 1 heterocycles. The Morgan fingerprint density at radius 3 is 2.57 bits per heavy atom. The molecule has 6 heteroatoms. The summed E-state index contributed by atoms with van der Waals surface area (Å²) in [7, 11) is 0. The molecule has 2 rings (SSSR count). The first-order valence-corrected chi connectivity index (χ1v) is 7.71. The topological polar surface area (TPSA) is 59.2 Å². The van der Waals surface area contributed by atoms with Gasteiger partial charge in [-0.05, 0) is 29.7 Å². The summed E-state index contributed by atoms with van der Waals surface area (Å²) in [5.41, 5.74) is -0.225. The Labute approximate surface area is 127 Å². The van der Waals surface area contributed by atoms with E-state index in [2.05, 4.69) is 10.1 Å². The summed E-state index contributed by atoms with van der Waals surface area (Å²) in [6, 6.07) is 6.27. The SMILES string of the molecule is CC(C)(C)C(O)Cc1nc(CSc2ccc(F)cc2)no1. The zero-order valence-electron chi connectivity index (χ0n) is 12.3. The molecule has 1 aromatic heterocycles. The van der Waals surface area contributed by atoms with Crippen molar-refractivity contribution in [2.75, 3.05) is 0 Å². The quantitative estimate of drug-likeness (QED) is 0.857. The van der Waals surface area contributed by atoms with Crippen LogP contribution in [0.3, 0.4) is 0 Å². The molecule has 1 unspecified atom stereocenters. The Kier molecular flexibility index (Phi) is 5.00. The molecule has 4 nitrogen and oxygen atoms in total. The second kappa shape index (κ2) is 6.58. The molecule has 1 N–H and O–H groups in total. The zero-order valence-corrected chi connectivity index (χ0v) is 13.2. The molecule has 0 bridgehead atoms. The van der Waals surface area contributed by atoms with Crippen molar-refractivity contribution in [1.82, 2.24) is 10.1 Å². The number of aliphatic hydroxyl groups is 1. The van der Waals surface area contributed by atoms with Gasteiger partial charge in [0.05, 0.1) is 18.3 Å². The number of nitrogens with zero attached hydrogens (tertiary/aromatic N) is 2. The van der Waals surface area contributed by atoms with E-state index in [0.717, 1.165) is 4.90 Å². The lowest BCUT2D eigenvalue weighted by atomic mass is 9.87. The van der Waals surface area contributed by atoms with Gasteiger partial charge in [-0.3, -0.25) is 0 Å². The van der Waals surface area contributed by atoms with Crippen molar-refractivity contribution >= 4 is 11.8 Å². The van der Waals surface area contributed by atoms with Gasteiger partial charge in [-0.15, -0.1) is 11.8 Å². The fourth-order valence-corrected chi connectivity index (χ4v) is 2.32. The molecule has 0 aliphatic carbocycles. The van der Waals surface area contributed by atoms with Crippen molar-refractivity contribution < 1.29 is 14.0 Å². The van der Waals surface area contributed by atoms with E-state index >= 15 is 0 Å². The van der Waals surface area contributed by atoms with Gasteiger partial charge in [0, 0.05) is 4.90 Å². The zero-order chi connectivity index (χ0) is 15.5. The van der Waals surface area contributed by atoms with Gasteiger partial charge >= 0.3 is 0 Å². The maximum absolute atomic E-state index is 12.8. The molecule has 1 atom stereocenters. The summed E-state index contributed by atoms with van der Waals surface area (Å²) in [5, 5.41) is 13.9. The molecule has 0 spiro atoms. The van der Waals surface area contributed by atoms with Gasteiger partial charge in [0.25, 0.3) is 0 Å². The first-order valence-electron chi connectivity index (χ1n) is 6.72. The van der Waals surface area contributed by atoms with Crippen molar-refractivity contribution in [2.45, 2.75) is 43.9 Å². The van der Waals surface area contributed by atoms with Crippen LogP contribution < -0.4 is 0 Å². The molecule has 0 radical (unpaired) electrons. The molecule has 0 aliphatic rings. The minimum atomic E-state index is -0.532. The molecule has 2 aromatic rings. The van der Waals surface area contributed by atoms with Gasteiger partial charge in [-0.1, -0.05) is 25.9 Å². The van der Waals surface area contributed by atoms with Gasteiger partial charge in [0.15, 0.2) is 5.82 Å². The van der Waals surface area contributed by atoms with Gasteiger partial charge in [0.1, 0.15) is 5.82 Å². The third-order valence-corrected chi connectivity index (χ3v) is 4.07. The van der Waals surface area contributed by atoms with Crippen molar-refractivity contribution in [1.29, 1.82) is 0 Å². The van der Waals surface area contributed by atoms with Crippen LogP contribution in [0.1, 0.15) is 32.5 Å². The Hall–Kier alpha value is -1.40. The molecular weight excluding hydrogens is 291 g/mol. The van der Waals surface area contributed by atoms with E-state index in [1.165, 1.54) is 23.9 Å². The fourth-order valence-electron chi connectivity index (χ4n) is 1.58. The molecule has 0 saturated carbocycles. The largest absolute Gasteiger partial charge is 0.392 e. The van der Waals surface area contributed by atoms with Gasteiger partial charge in [0.2, 0.25) is 5.89 Å². The molecule has 1 aromatic carbocycles. The first-order chi connectivity index (χ1) is 9.84. The number of halogens is 1. The normalized spacial score (nSPS) is 13.4. The minimum absolute atomic E-state index is 0.225. The molecule has 0 saturated heterocycles. The lowest BCUT2D eigenvalue weighted by molar-refractivity contribution is 0.0565. The van der Waals surface area contributed by atoms with E-state index in [-0.39, 0.29) is 11.2 Å². The maximum Gasteiger partial charge on any atom is 0.229 e. The van der Waals surface area contributed by atoms with Gasteiger partial charge < -0.3 is 9.63 Å². The van der Waals surface area contributed by atoms with Crippen LogP contribution in [0.2, 0.25) is 0 Å². The summed E-state index contributed by atoms with van der Waals surface area (Å²) in [4.78, 5) is 5.21.